The number of rotatable bonds is 3. The zero-order chi connectivity index (χ0) is 21.1. The smallest absolute Gasteiger partial charge is 0.277 e. The zero-order valence-electron chi connectivity index (χ0n) is 18.2. The Morgan fingerprint density at radius 3 is 2.81 bits per heavy atom. The molecule has 1 saturated carbocycles. The van der Waals surface area contributed by atoms with E-state index in [1.807, 2.05) is 11.0 Å². The van der Waals surface area contributed by atoms with Crippen LogP contribution in [0, 0.1) is 11.8 Å². The second kappa shape index (κ2) is 7.45. The van der Waals surface area contributed by atoms with Gasteiger partial charge in [0.2, 0.25) is 5.91 Å². The molecule has 0 spiro atoms. The molecule has 0 radical (unpaired) electrons. The largest absolute Gasteiger partial charge is 0.381 e. The second-order valence-electron chi connectivity index (χ2n) is 9.82. The van der Waals surface area contributed by atoms with Crippen LogP contribution in [0.3, 0.4) is 0 Å². The van der Waals surface area contributed by atoms with Crippen molar-refractivity contribution in [2.24, 2.45) is 11.8 Å². The summed E-state index contributed by atoms with van der Waals surface area (Å²) >= 11 is 0. The minimum atomic E-state index is 0.00898. The predicted octanol–water partition coefficient (Wildman–Crippen LogP) is 1.88. The number of likely N-dealkylation sites (tertiary alicyclic amines) is 1. The quantitative estimate of drug-likeness (QED) is 0.812. The van der Waals surface area contributed by atoms with Gasteiger partial charge in [-0.3, -0.25) is 19.6 Å². The number of hydrogen-bond acceptors (Lipinski definition) is 5. The summed E-state index contributed by atoms with van der Waals surface area (Å²) in [6.07, 6.45) is 5.82. The molecule has 2 aromatic heterocycles. The normalized spacial score (nSPS) is 29.5. The van der Waals surface area contributed by atoms with Gasteiger partial charge in [-0.2, -0.15) is 0 Å². The third kappa shape index (κ3) is 3.31. The molecule has 5 heterocycles. The molecule has 1 aliphatic carbocycles. The summed E-state index contributed by atoms with van der Waals surface area (Å²) in [5.74, 6) is 0.973. The van der Waals surface area contributed by atoms with Gasteiger partial charge in [0.25, 0.3) is 5.56 Å². The first-order valence-electron chi connectivity index (χ1n) is 11.9. The van der Waals surface area contributed by atoms with Gasteiger partial charge < -0.3 is 9.64 Å². The Hall–Kier alpha value is -2.19. The number of nitrogens with one attached hydrogen (secondary N) is 1. The number of hydrogen-bond donors (Lipinski definition) is 1. The van der Waals surface area contributed by atoms with Crippen LogP contribution in [0.4, 0.5) is 0 Å². The molecule has 1 N–H and O–H groups in total. The number of carbonyl (C=O) groups is 1. The first-order valence-corrected chi connectivity index (χ1v) is 11.9. The molecule has 3 aliphatic heterocycles. The van der Waals surface area contributed by atoms with E-state index in [1.54, 1.807) is 4.52 Å². The molecule has 8 heteroatoms. The van der Waals surface area contributed by atoms with Crippen molar-refractivity contribution in [1.29, 1.82) is 0 Å². The summed E-state index contributed by atoms with van der Waals surface area (Å²) in [6, 6.07) is 2.50. The molecular formula is C23H31N5O3. The highest BCUT2D eigenvalue weighted by Gasteiger charge is 2.44. The number of aromatic nitrogens is 3. The second-order valence-corrected chi connectivity index (χ2v) is 9.82. The van der Waals surface area contributed by atoms with Crippen LogP contribution in [-0.4, -0.2) is 62.7 Å². The van der Waals surface area contributed by atoms with E-state index in [0.717, 1.165) is 81.8 Å². The van der Waals surface area contributed by atoms with E-state index in [1.165, 1.54) is 0 Å². The lowest BCUT2D eigenvalue weighted by Gasteiger charge is -2.36. The molecule has 2 aromatic rings. The summed E-state index contributed by atoms with van der Waals surface area (Å²) in [5, 5.41) is 3.31. The van der Waals surface area contributed by atoms with Crippen molar-refractivity contribution in [3.8, 4) is 0 Å². The molecule has 6 rings (SSSR count). The number of aromatic amines is 1. The Morgan fingerprint density at radius 1 is 1.23 bits per heavy atom. The Labute approximate surface area is 181 Å². The summed E-state index contributed by atoms with van der Waals surface area (Å²) in [5.41, 5.74) is 3.37. The number of nitrogens with zero attached hydrogens (tertiary/aromatic N) is 4. The van der Waals surface area contributed by atoms with E-state index < -0.39 is 0 Å². The highest BCUT2D eigenvalue weighted by molar-refractivity contribution is 5.82. The van der Waals surface area contributed by atoms with E-state index >= 15 is 0 Å². The number of fused-ring (bicyclic) bond motifs is 2. The monoisotopic (exact) mass is 425 g/mol. The molecule has 31 heavy (non-hydrogen) atoms. The molecule has 3 fully saturated rings. The summed E-state index contributed by atoms with van der Waals surface area (Å²) in [6.45, 7) is 6.18. The molecule has 2 saturated heterocycles. The standard InChI is InChI=1S/C23H31N5O3/c1-14-11-16(14)22(29)27-7-2-3-20(27)19-12-21-24-18-4-8-26(15-5-9-31-10-6-15)13-17(18)23(30)28(21)25-19/h12,14-16,20,25H,2-11,13H2,1H3/t14-,16-,20+/m1/s1. The molecule has 0 aromatic carbocycles. The van der Waals surface area contributed by atoms with Gasteiger partial charge in [-0.15, -0.1) is 0 Å². The van der Waals surface area contributed by atoms with Gasteiger partial charge in [-0.05, 0) is 38.0 Å². The van der Waals surface area contributed by atoms with Crippen LogP contribution in [0.25, 0.3) is 5.65 Å². The summed E-state index contributed by atoms with van der Waals surface area (Å²) in [7, 11) is 0. The van der Waals surface area contributed by atoms with Gasteiger partial charge in [0.05, 0.1) is 23.0 Å². The lowest BCUT2D eigenvalue weighted by Crippen LogP contribution is -2.44. The van der Waals surface area contributed by atoms with Gasteiger partial charge in [-0.25, -0.2) is 9.50 Å². The van der Waals surface area contributed by atoms with Gasteiger partial charge in [0, 0.05) is 57.3 Å². The molecule has 8 nitrogen and oxygen atoms in total. The molecule has 166 valence electrons. The maximum absolute atomic E-state index is 13.4. The molecule has 0 bridgehead atoms. The number of ether oxygens (including phenoxy) is 1. The van der Waals surface area contributed by atoms with Crippen molar-refractivity contribution in [3.63, 3.8) is 0 Å². The summed E-state index contributed by atoms with van der Waals surface area (Å²) in [4.78, 5) is 35.6. The average Bonchev–Trinajstić information content (AvgIpc) is 3.18. The maximum atomic E-state index is 13.4. The Bertz CT molecular complexity index is 1070. The Morgan fingerprint density at radius 2 is 2.03 bits per heavy atom. The molecule has 3 atom stereocenters. The van der Waals surface area contributed by atoms with Gasteiger partial charge >= 0.3 is 0 Å². The van der Waals surface area contributed by atoms with E-state index in [4.69, 9.17) is 9.72 Å². The van der Waals surface area contributed by atoms with Crippen molar-refractivity contribution in [3.05, 3.63) is 33.4 Å². The van der Waals surface area contributed by atoms with Crippen LogP contribution in [0.1, 0.15) is 62.0 Å². The highest BCUT2D eigenvalue weighted by Crippen LogP contribution is 2.43. The van der Waals surface area contributed by atoms with E-state index in [2.05, 4.69) is 16.9 Å². The molecule has 4 aliphatic rings. The average molecular weight is 426 g/mol. The Kier molecular flexibility index (Phi) is 4.68. The SMILES string of the molecule is C[C@@H]1C[C@H]1C(=O)N1CCC[C@H]1c1cc2nc3c(c(=O)n2[nH]1)CN(C1CCOCC1)CC3. The number of carbonyl (C=O) groups excluding carboxylic acids is 1. The number of H-pyrrole nitrogens is 1. The van der Waals surface area contributed by atoms with Gasteiger partial charge in [-0.1, -0.05) is 6.92 Å². The maximum Gasteiger partial charge on any atom is 0.277 e. The summed E-state index contributed by atoms with van der Waals surface area (Å²) < 4.78 is 7.10. The van der Waals surface area contributed by atoms with E-state index in [0.29, 0.717) is 24.2 Å². The van der Waals surface area contributed by atoms with Crippen LogP contribution < -0.4 is 5.56 Å². The van der Waals surface area contributed by atoms with Crippen LogP contribution in [-0.2, 0) is 22.5 Å². The Balaban J connectivity index is 1.30. The van der Waals surface area contributed by atoms with Crippen LogP contribution in [0.5, 0.6) is 0 Å². The third-order valence-corrected chi connectivity index (χ3v) is 7.84. The zero-order valence-corrected chi connectivity index (χ0v) is 18.2. The predicted molar refractivity (Wildman–Crippen MR) is 115 cm³/mol. The van der Waals surface area contributed by atoms with Gasteiger partial charge in [0.15, 0.2) is 5.65 Å². The molecular weight excluding hydrogens is 394 g/mol. The van der Waals surface area contributed by atoms with E-state index in [9.17, 15) is 9.59 Å². The first-order chi connectivity index (χ1) is 15.1. The van der Waals surface area contributed by atoms with Crippen LogP contribution in [0.15, 0.2) is 10.9 Å². The van der Waals surface area contributed by atoms with Gasteiger partial charge in [0.1, 0.15) is 0 Å². The van der Waals surface area contributed by atoms with Crippen LogP contribution in [0.2, 0.25) is 0 Å². The van der Waals surface area contributed by atoms with Crippen molar-refractivity contribution in [2.45, 2.75) is 64.1 Å². The minimum Gasteiger partial charge on any atom is -0.381 e. The highest BCUT2D eigenvalue weighted by atomic mass is 16.5. The van der Waals surface area contributed by atoms with Crippen molar-refractivity contribution >= 4 is 11.6 Å². The van der Waals surface area contributed by atoms with Crippen molar-refractivity contribution < 1.29 is 9.53 Å². The van der Waals surface area contributed by atoms with E-state index in [-0.39, 0.29) is 23.4 Å². The number of amides is 1. The van der Waals surface area contributed by atoms with Crippen molar-refractivity contribution in [1.82, 2.24) is 24.4 Å². The minimum absolute atomic E-state index is 0.00898. The van der Waals surface area contributed by atoms with Crippen molar-refractivity contribution in [2.75, 3.05) is 26.3 Å². The lowest BCUT2D eigenvalue weighted by molar-refractivity contribution is -0.133. The first kappa shape index (κ1) is 19.5. The lowest BCUT2D eigenvalue weighted by atomic mass is 10.0. The van der Waals surface area contributed by atoms with Crippen LogP contribution >= 0.6 is 0 Å². The molecule has 0 unspecified atom stereocenters. The third-order valence-electron chi connectivity index (χ3n) is 7.84. The fourth-order valence-electron chi connectivity index (χ4n) is 5.79. The molecule has 1 amide bonds. The fraction of sp³-hybridized carbons (Fsp3) is 0.696. The fourth-order valence-corrected chi connectivity index (χ4v) is 5.79. The topological polar surface area (TPSA) is 82.9 Å².